The van der Waals surface area contributed by atoms with Gasteiger partial charge in [-0.3, -0.25) is 4.79 Å². The van der Waals surface area contributed by atoms with Crippen LogP contribution in [0, 0.1) is 5.92 Å². The summed E-state index contributed by atoms with van der Waals surface area (Å²) in [6.45, 7) is 2.72. The van der Waals surface area contributed by atoms with Crippen LogP contribution in [0.4, 0.5) is 22.0 Å². The lowest BCUT2D eigenvalue weighted by Gasteiger charge is -2.20. The van der Waals surface area contributed by atoms with Crippen molar-refractivity contribution < 1.29 is 36.2 Å². The van der Waals surface area contributed by atoms with Crippen molar-refractivity contribution in [1.29, 1.82) is 0 Å². The standard InChI is InChI=1S/C23H28F5N3O3/c1-12(34-13(2)23(26,27)28)7-20-29-17-6-3-14(8-18(17)30-20)19(11-33-16-4-5-16)31-21(32)9-15-10-22(15,24)25/h3,6,8,12-13,15-16,19H,4-5,7,9-11H2,1-2H3,(H,29,30)(H,31,32)/t12-,13-,15+,19-/m1/s1. The highest BCUT2D eigenvalue weighted by Gasteiger charge is 2.57. The molecule has 2 fully saturated rings. The highest BCUT2D eigenvalue weighted by Crippen LogP contribution is 2.50. The Bertz CT molecular complexity index is 1020. The predicted molar refractivity (Wildman–Crippen MR) is 113 cm³/mol. The molecule has 11 heteroatoms. The maximum atomic E-state index is 13.2. The molecule has 188 valence electrons. The molecule has 2 aliphatic carbocycles. The normalized spacial score (nSPS) is 22.4. The van der Waals surface area contributed by atoms with Gasteiger partial charge in [-0.2, -0.15) is 13.2 Å². The summed E-state index contributed by atoms with van der Waals surface area (Å²) in [5.74, 6) is -3.66. The van der Waals surface area contributed by atoms with E-state index in [4.69, 9.17) is 9.47 Å². The number of aromatic amines is 1. The topological polar surface area (TPSA) is 76.2 Å². The number of carbonyl (C=O) groups is 1. The minimum absolute atomic E-state index is 0.148. The third-order valence-electron chi connectivity index (χ3n) is 6.08. The monoisotopic (exact) mass is 489 g/mol. The van der Waals surface area contributed by atoms with E-state index in [1.165, 1.54) is 0 Å². The molecule has 4 atom stereocenters. The van der Waals surface area contributed by atoms with Gasteiger partial charge in [-0.15, -0.1) is 0 Å². The average Bonchev–Trinajstić information content (AvgIpc) is 3.61. The highest BCUT2D eigenvalue weighted by atomic mass is 19.4. The first kappa shape index (κ1) is 24.8. The summed E-state index contributed by atoms with van der Waals surface area (Å²) in [5, 5.41) is 2.81. The van der Waals surface area contributed by atoms with E-state index >= 15 is 0 Å². The Morgan fingerprint density at radius 3 is 2.62 bits per heavy atom. The highest BCUT2D eigenvalue weighted by molar-refractivity contribution is 5.79. The first-order chi connectivity index (χ1) is 15.9. The van der Waals surface area contributed by atoms with Crippen LogP contribution in [0.3, 0.4) is 0 Å². The summed E-state index contributed by atoms with van der Waals surface area (Å²) in [5.41, 5.74) is 1.97. The summed E-state index contributed by atoms with van der Waals surface area (Å²) < 4.78 is 75.4. The van der Waals surface area contributed by atoms with Gasteiger partial charge in [0.25, 0.3) is 5.92 Å². The van der Waals surface area contributed by atoms with Crippen molar-refractivity contribution in [3.05, 3.63) is 29.6 Å². The predicted octanol–water partition coefficient (Wildman–Crippen LogP) is 4.84. The number of aromatic nitrogens is 2. The van der Waals surface area contributed by atoms with Crippen LogP contribution in [0.1, 0.15) is 57.0 Å². The third-order valence-corrected chi connectivity index (χ3v) is 6.08. The second-order valence-electron chi connectivity index (χ2n) is 9.31. The third kappa shape index (κ3) is 6.44. The van der Waals surface area contributed by atoms with Crippen molar-refractivity contribution in [2.45, 2.75) is 82.4 Å². The van der Waals surface area contributed by atoms with Crippen LogP contribution in [0.5, 0.6) is 0 Å². The summed E-state index contributed by atoms with van der Waals surface area (Å²) >= 11 is 0. The zero-order valence-electron chi connectivity index (χ0n) is 18.9. The number of amides is 1. The molecule has 0 saturated heterocycles. The van der Waals surface area contributed by atoms with E-state index in [2.05, 4.69) is 15.3 Å². The fourth-order valence-electron chi connectivity index (χ4n) is 3.80. The molecular formula is C23H28F5N3O3. The molecule has 2 aromatic rings. The molecule has 1 aromatic heterocycles. The molecule has 0 radical (unpaired) electrons. The number of hydrogen-bond donors (Lipinski definition) is 2. The quantitative estimate of drug-likeness (QED) is 0.443. The van der Waals surface area contributed by atoms with Gasteiger partial charge < -0.3 is 19.8 Å². The molecule has 2 saturated carbocycles. The van der Waals surface area contributed by atoms with E-state index in [0.29, 0.717) is 22.4 Å². The van der Waals surface area contributed by atoms with E-state index in [1.807, 2.05) is 0 Å². The summed E-state index contributed by atoms with van der Waals surface area (Å²) in [6.07, 6.45) is -5.33. The second kappa shape index (κ2) is 9.41. The van der Waals surface area contributed by atoms with Crippen LogP contribution in [-0.4, -0.2) is 52.9 Å². The molecule has 0 aliphatic heterocycles. The average molecular weight is 489 g/mol. The summed E-state index contributed by atoms with van der Waals surface area (Å²) in [7, 11) is 0. The maximum absolute atomic E-state index is 13.2. The number of benzene rings is 1. The van der Waals surface area contributed by atoms with E-state index < -0.39 is 42.2 Å². The molecule has 34 heavy (non-hydrogen) atoms. The van der Waals surface area contributed by atoms with Crippen LogP contribution in [0.15, 0.2) is 18.2 Å². The fourth-order valence-corrected chi connectivity index (χ4v) is 3.80. The smallest absolute Gasteiger partial charge is 0.376 e. The fraction of sp³-hybridized carbons (Fsp3) is 0.652. The largest absolute Gasteiger partial charge is 0.414 e. The number of ether oxygens (including phenoxy) is 2. The second-order valence-corrected chi connectivity index (χ2v) is 9.31. The zero-order chi connectivity index (χ0) is 24.7. The number of hydrogen-bond acceptors (Lipinski definition) is 4. The lowest BCUT2D eigenvalue weighted by atomic mass is 10.1. The minimum Gasteiger partial charge on any atom is -0.376 e. The number of alkyl halides is 5. The van der Waals surface area contributed by atoms with Crippen LogP contribution in [-0.2, 0) is 20.7 Å². The summed E-state index contributed by atoms with van der Waals surface area (Å²) in [4.78, 5) is 19.9. The first-order valence-electron chi connectivity index (χ1n) is 11.4. The molecule has 1 heterocycles. The van der Waals surface area contributed by atoms with Crippen LogP contribution >= 0.6 is 0 Å². The van der Waals surface area contributed by atoms with Gasteiger partial charge in [0.1, 0.15) is 5.82 Å². The van der Waals surface area contributed by atoms with Gasteiger partial charge in [0.05, 0.1) is 35.9 Å². The molecule has 0 bridgehead atoms. The van der Waals surface area contributed by atoms with Crippen LogP contribution in [0.25, 0.3) is 11.0 Å². The van der Waals surface area contributed by atoms with Gasteiger partial charge in [-0.25, -0.2) is 13.8 Å². The molecule has 6 nitrogen and oxygen atoms in total. The Morgan fingerprint density at radius 1 is 1.29 bits per heavy atom. The van der Waals surface area contributed by atoms with Crippen molar-refractivity contribution in [1.82, 2.24) is 15.3 Å². The number of fused-ring (bicyclic) bond motifs is 1. The lowest BCUT2D eigenvalue weighted by Crippen LogP contribution is -2.32. The van der Waals surface area contributed by atoms with E-state index in [-0.39, 0.29) is 32.0 Å². The Hall–Kier alpha value is -2.27. The lowest BCUT2D eigenvalue weighted by molar-refractivity contribution is -0.224. The van der Waals surface area contributed by atoms with Crippen LogP contribution < -0.4 is 5.32 Å². The number of H-pyrrole nitrogens is 1. The van der Waals surface area contributed by atoms with Crippen LogP contribution in [0.2, 0.25) is 0 Å². The first-order valence-corrected chi connectivity index (χ1v) is 11.4. The van der Waals surface area contributed by atoms with Gasteiger partial charge in [-0.1, -0.05) is 6.07 Å². The van der Waals surface area contributed by atoms with Gasteiger partial charge in [0, 0.05) is 25.2 Å². The van der Waals surface area contributed by atoms with E-state index in [0.717, 1.165) is 19.8 Å². The molecule has 0 spiro atoms. The van der Waals surface area contributed by atoms with Crippen molar-refractivity contribution in [3.8, 4) is 0 Å². The molecular weight excluding hydrogens is 461 g/mol. The van der Waals surface area contributed by atoms with Crippen molar-refractivity contribution in [2.75, 3.05) is 6.61 Å². The number of rotatable bonds is 11. The molecule has 0 unspecified atom stereocenters. The number of imidazole rings is 1. The van der Waals surface area contributed by atoms with Crippen molar-refractivity contribution in [2.24, 2.45) is 5.92 Å². The number of carbonyl (C=O) groups excluding carboxylic acids is 1. The summed E-state index contributed by atoms with van der Waals surface area (Å²) in [6, 6.07) is 4.76. The zero-order valence-corrected chi connectivity index (χ0v) is 18.9. The Balaban J connectivity index is 1.43. The Morgan fingerprint density at radius 2 is 2.00 bits per heavy atom. The molecule has 4 rings (SSSR count). The Labute approximate surface area is 193 Å². The molecule has 2 N–H and O–H groups in total. The molecule has 2 aliphatic rings. The van der Waals surface area contributed by atoms with Gasteiger partial charge in [-0.05, 0) is 44.4 Å². The van der Waals surface area contributed by atoms with Gasteiger partial charge >= 0.3 is 6.18 Å². The van der Waals surface area contributed by atoms with Crippen molar-refractivity contribution in [3.63, 3.8) is 0 Å². The Kier molecular flexibility index (Phi) is 6.87. The van der Waals surface area contributed by atoms with Gasteiger partial charge in [0.2, 0.25) is 5.91 Å². The number of nitrogens with one attached hydrogen (secondary N) is 2. The number of nitrogens with zero attached hydrogens (tertiary/aromatic N) is 1. The SMILES string of the molecule is C[C@H](Cc1nc2ccc([C@@H](COC3CC3)NC(=O)C[C@H]3CC3(F)F)cc2[nH]1)O[C@H](C)C(F)(F)F. The molecule has 1 aromatic carbocycles. The van der Waals surface area contributed by atoms with E-state index in [1.54, 1.807) is 25.1 Å². The van der Waals surface area contributed by atoms with E-state index in [9.17, 15) is 26.7 Å². The van der Waals surface area contributed by atoms with Gasteiger partial charge in [0.15, 0.2) is 6.10 Å². The maximum Gasteiger partial charge on any atom is 0.414 e. The molecule has 1 amide bonds. The van der Waals surface area contributed by atoms with Crippen molar-refractivity contribution >= 4 is 16.9 Å². The number of halogens is 5. The minimum atomic E-state index is -4.44.